The van der Waals surface area contributed by atoms with Crippen LogP contribution < -0.4 is 5.73 Å². The molecule has 19 heavy (non-hydrogen) atoms. The van der Waals surface area contributed by atoms with E-state index < -0.39 is 17.5 Å². The van der Waals surface area contributed by atoms with E-state index in [1.165, 1.54) is 17.0 Å². The Labute approximate surface area is 110 Å². The lowest BCUT2D eigenvalue weighted by Gasteiger charge is -2.34. The monoisotopic (exact) mass is 270 g/mol. The molecule has 0 radical (unpaired) electrons. The highest BCUT2D eigenvalue weighted by Crippen LogP contribution is 2.16. The Morgan fingerprint density at radius 1 is 1.53 bits per heavy atom. The van der Waals surface area contributed by atoms with Crippen LogP contribution in [0.2, 0.25) is 0 Å². The number of amides is 1. The molecule has 1 saturated heterocycles. The number of nitrogens with zero attached hydrogens (tertiary/aromatic N) is 1. The van der Waals surface area contributed by atoms with Gasteiger partial charge in [-0.05, 0) is 19.1 Å². The number of benzene rings is 1. The van der Waals surface area contributed by atoms with Gasteiger partial charge in [0.2, 0.25) is 0 Å². The predicted molar refractivity (Wildman–Crippen MR) is 65.7 cm³/mol. The van der Waals surface area contributed by atoms with Crippen LogP contribution in [-0.2, 0) is 4.74 Å². The molecule has 2 atom stereocenters. The Bertz CT molecular complexity index is 480. The molecule has 0 saturated carbocycles. The fourth-order valence-corrected chi connectivity index (χ4v) is 2.02. The van der Waals surface area contributed by atoms with Crippen molar-refractivity contribution in [1.82, 2.24) is 4.90 Å². The summed E-state index contributed by atoms with van der Waals surface area (Å²) in [5.74, 6) is -2.68. The molecule has 0 unspecified atom stereocenters. The summed E-state index contributed by atoms with van der Waals surface area (Å²) >= 11 is 0. The van der Waals surface area contributed by atoms with Crippen molar-refractivity contribution in [3.63, 3.8) is 0 Å². The van der Waals surface area contributed by atoms with Gasteiger partial charge in [-0.1, -0.05) is 6.07 Å². The van der Waals surface area contributed by atoms with E-state index >= 15 is 0 Å². The van der Waals surface area contributed by atoms with E-state index in [0.717, 1.165) is 6.07 Å². The molecule has 1 aliphatic rings. The lowest BCUT2D eigenvalue weighted by atomic mass is 10.1. The minimum Gasteiger partial charge on any atom is -0.373 e. The number of nitrogens with two attached hydrogens (primary N) is 1. The van der Waals surface area contributed by atoms with Crippen molar-refractivity contribution < 1.29 is 18.3 Å². The van der Waals surface area contributed by atoms with Gasteiger partial charge in [-0.15, -0.1) is 0 Å². The number of rotatable bonds is 2. The molecule has 1 fully saturated rings. The highest BCUT2D eigenvalue weighted by molar-refractivity contribution is 5.94. The second-order valence-corrected chi connectivity index (χ2v) is 4.62. The third kappa shape index (κ3) is 2.90. The van der Waals surface area contributed by atoms with E-state index in [4.69, 9.17) is 10.5 Å². The Balaban J connectivity index is 2.17. The van der Waals surface area contributed by atoms with Crippen LogP contribution in [0.25, 0.3) is 0 Å². The molecule has 6 heteroatoms. The van der Waals surface area contributed by atoms with Crippen LogP contribution in [0.5, 0.6) is 0 Å². The summed E-state index contributed by atoms with van der Waals surface area (Å²) in [5, 5.41) is 0. The van der Waals surface area contributed by atoms with Gasteiger partial charge in [0.15, 0.2) is 11.6 Å². The summed E-state index contributed by atoms with van der Waals surface area (Å²) in [7, 11) is 0. The van der Waals surface area contributed by atoms with Gasteiger partial charge in [0, 0.05) is 19.1 Å². The summed E-state index contributed by atoms with van der Waals surface area (Å²) in [5.41, 5.74) is 5.47. The molecule has 0 bridgehead atoms. The van der Waals surface area contributed by atoms with Crippen LogP contribution in [0.1, 0.15) is 17.3 Å². The third-order valence-corrected chi connectivity index (χ3v) is 3.15. The fourth-order valence-electron chi connectivity index (χ4n) is 2.02. The number of carbonyl (C=O) groups excluding carboxylic acids is 1. The Kier molecular flexibility index (Phi) is 4.11. The van der Waals surface area contributed by atoms with E-state index in [0.29, 0.717) is 13.2 Å². The molecule has 4 nitrogen and oxygen atoms in total. The number of morpholine rings is 1. The zero-order chi connectivity index (χ0) is 14.0. The molecule has 2 rings (SSSR count). The number of hydrogen-bond donors (Lipinski definition) is 1. The van der Waals surface area contributed by atoms with Crippen LogP contribution >= 0.6 is 0 Å². The van der Waals surface area contributed by atoms with Gasteiger partial charge in [0.1, 0.15) is 0 Å². The first-order valence-corrected chi connectivity index (χ1v) is 6.11. The molecule has 104 valence electrons. The van der Waals surface area contributed by atoms with Crippen molar-refractivity contribution in [1.29, 1.82) is 0 Å². The molecule has 1 aromatic rings. The molecule has 1 aliphatic heterocycles. The lowest BCUT2D eigenvalue weighted by molar-refractivity contribution is -0.0301. The Morgan fingerprint density at radius 2 is 2.26 bits per heavy atom. The minimum atomic E-state index is -1.11. The molecule has 0 aliphatic carbocycles. The van der Waals surface area contributed by atoms with Crippen LogP contribution in [0.4, 0.5) is 8.78 Å². The topological polar surface area (TPSA) is 55.6 Å². The van der Waals surface area contributed by atoms with E-state index in [1.54, 1.807) is 6.92 Å². The number of carbonyl (C=O) groups is 1. The summed E-state index contributed by atoms with van der Waals surface area (Å²) in [6, 6.07) is 3.34. The van der Waals surface area contributed by atoms with Crippen LogP contribution in [0.3, 0.4) is 0 Å². The fraction of sp³-hybridized carbons (Fsp3) is 0.462. The lowest BCUT2D eigenvalue weighted by Crippen LogP contribution is -2.51. The molecular weight excluding hydrogens is 254 g/mol. The molecule has 0 aromatic heterocycles. The first-order chi connectivity index (χ1) is 9.00. The minimum absolute atomic E-state index is 0.229. The van der Waals surface area contributed by atoms with Gasteiger partial charge >= 0.3 is 0 Å². The van der Waals surface area contributed by atoms with Crippen molar-refractivity contribution in [3.8, 4) is 0 Å². The van der Waals surface area contributed by atoms with E-state index in [2.05, 4.69) is 0 Å². The zero-order valence-electron chi connectivity index (χ0n) is 10.6. The SMILES string of the molecule is C[C@@H](N)[C@@H]1CN(C(=O)c2cccc(F)c2F)CCO1. The van der Waals surface area contributed by atoms with E-state index in [1.807, 2.05) is 0 Å². The first kappa shape index (κ1) is 13.9. The van der Waals surface area contributed by atoms with Crippen molar-refractivity contribution in [2.75, 3.05) is 19.7 Å². The molecule has 1 amide bonds. The predicted octanol–water partition coefficient (Wildman–Crippen LogP) is 1.15. The van der Waals surface area contributed by atoms with Crippen molar-refractivity contribution in [3.05, 3.63) is 35.4 Å². The third-order valence-electron chi connectivity index (χ3n) is 3.15. The second kappa shape index (κ2) is 5.63. The molecule has 0 spiro atoms. The number of hydrogen-bond acceptors (Lipinski definition) is 3. The maximum atomic E-state index is 13.6. The van der Waals surface area contributed by atoms with Gasteiger partial charge < -0.3 is 15.4 Å². The summed E-state index contributed by atoms with van der Waals surface area (Å²) < 4.78 is 32.1. The van der Waals surface area contributed by atoms with Crippen LogP contribution in [0.15, 0.2) is 18.2 Å². The largest absolute Gasteiger partial charge is 0.373 e. The molecule has 1 heterocycles. The normalized spacial score (nSPS) is 21.3. The molecular formula is C13H16F2N2O2. The first-order valence-electron chi connectivity index (χ1n) is 6.11. The maximum Gasteiger partial charge on any atom is 0.257 e. The quantitative estimate of drug-likeness (QED) is 0.877. The molecule has 2 N–H and O–H groups in total. The van der Waals surface area contributed by atoms with Gasteiger partial charge in [-0.3, -0.25) is 4.79 Å². The number of halogens is 2. The average molecular weight is 270 g/mol. The smallest absolute Gasteiger partial charge is 0.257 e. The summed E-state index contributed by atoms with van der Waals surface area (Å²) in [6.07, 6.45) is -0.283. The highest BCUT2D eigenvalue weighted by atomic mass is 19.2. The van der Waals surface area contributed by atoms with Crippen molar-refractivity contribution in [2.24, 2.45) is 5.73 Å². The zero-order valence-corrected chi connectivity index (χ0v) is 10.6. The Morgan fingerprint density at radius 3 is 2.95 bits per heavy atom. The molecule has 1 aromatic carbocycles. The highest BCUT2D eigenvalue weighted by Gasteiger charge is 2.28. The standard InChI is InChI=1S/C13H16F2N2O2/c1-8(16)11-7-17(5-6-19-11)13(18)9-3-2-4-10(14)12(9)15/h2-4,8,11H,5-7,16H2,1H3/t8-,11+/m1/s1. The van der Waals surface area contributed by atoms with Gasteiger partial charge in [0.25, 0.3) is 5.91 Å². The average Bonchev–Trinajstić information content (AvgIpc) is 2.41. The van der Waals surface area contributed by atoms with E-state index in [9.17, 15) is 13.6 Å². The maximum absolute atomic E-state index is 13.6. The van der Waals surface area contributed by atoms with Crippen molar-refractivity contribution in [2.45, 2.75) is 19.1 Å². The number of ether oxygens (including phenoxy) is 1. The summed E-state index contributed by atoms with van der Waals surface area (Å²) in [4.78, 5) is 13.6. The second-order valence-electron chi connectivity index (χ2n) is 4.62. The van der Waals surface area contributed by atoms with Crippen LogP contribution in [-0.4, -0.2) is 42.6 Å². The summed E-state index contributed by atoms with van der Waals surface area (Å²) in [6.45, 7) is 2.75. The van der Waals surface area contributed by atoms with Gasteiger partial charge in [-0.2, -0.15) is 0 Å². The van der Waals surface area contributed by atoms with Gasteiger partial charge in [-0.25, -0.2) is 8.78 Å². The van der Waals surface area contributed by atoms with Gasteiger partial charge in [0.05, 0.1) is 18.3 Å². The Hall–Kier alpha value is -1.53. The van der Waals surface area contributed by atoms with E-state index in [-0.39, 0.29) is 24.3 Å². The van der Waals surface area contributed by atoms with Crippen molar-refractivity contribution >= 4 is 5.91 Å². The van der Waals surface area contributed by atoms with Crippen LogP contribution in [0, 0.1) is 11.6 Å².